The number of aliphatic carboxylic acids is 1. The first-order valence-electron chi connectivity index (χ1n) is 9.85. The predicted octanol–water partition coefficient (Wildman–Crippen LogP) is 3.08. The Balaban J connectivity index is 1.66. The van der Waals surface area contributed by atoms with Crippen molar-refractivity contribution in [2.45, 2.75) is 31.4 Å². The van der Waals surface area contributed by atoms with E-state index in [0.29, 0.717) is 24.9 Å². The highest BCUT2D eigenvalue weighted by molar-refractivity contribution is 5.94. The molecule has 2 heterocycles. The molecular formula is C23H24N2O4. The van der Waals surface area contributed by atoms with Crippen molar-refractivity contribution < 1.29 is 19.8 Å². The van der Waals surface area contributed by atoms with E-state index in [1.807, 2.05) is 48.7 Å². The van der Waals surface area contributed by atoms with Crippen molar-refractivity contribution in [3.63, 3.8) is 0 Å². The molecule has 0 saturated carbocycles. The smallest absolute Gasteiger partial charge is 0.303 e. The minimum Gasteiger partial charge on any atom is -0.481 e. The summed E-state index contributed by atoms with van der Waals surface area (Å²) in [7, 11) is 0. The molecule has 1 aliphatic heterocycles. The van der Waals surface area contributed by atoms with Gasteiger partial charge in [-0.05, 0) is 42.5 Å². The Morgan fingerprint density at radius 3 is 2.55 bits per heavy atom. The van der Waals surface area contributed by atoms with Gasteiger partial charge >= 0.3 is 5.97 Å². The molecule has 1 saturated heterocycles. The quantitative estimate of drug-likeness (QED) is 0.622. The van der Waals surface area contributed by atoms with E-state index in [-0.39, 0.29) is 18.2 Å². The lowest BCUT2D eigenvalue weighted by atomic mass is 9.82. The fourth-order valence-corrected chi connectivity index (χ4v) is 4.34. The number of carboxylic acid groups (broad SMARTS) is 1. The average Bonchev–Trinajstić information content (AvgIpc) is 3.14. The number of hydrogen-bond donors (Lipinski definition) is 3. The molecule has 0 unspecified atom stereocenters. The molecule has 3 N–H and O–H groups in total. The maximum absolute atomic E-state index is 13.2. The Labute approximate surface area is 168 Å². The van der Waals surface area contributed by atoms with Crippen LogP contribution < -0.4 is 0 Å². The number of aliphatic hydroxyl groups is 1. The molecule has 1 aliphatic rings. The van der Waals surface area contributed by atoms with Crippen molar-refractivity contribution in [1.29, 1.82) is 0 Å². The Morgan fingerprint density at radius 1 is 1.07 bits per heavy atom. The molecule has 6 heteroatoms. The molecule has 150 valence electrons. The number of fused-ring (bicyclic) bond motifs is 1. The largest absolute Gasteiger partial charge is 0.481 e. The zero-order valence-corrected chi connectivity index (χ0v) is 16.0. The van der Waals surface area contributed by atoms with Crippen molar-refractivity contribution >= 4 is 22.8 Å². The maximum atomic E-state index is 13.2. The van der Waals surface area contributed by atoms with E-state index in [0.717, 1.165) is 16.5 Å². The minimum absolute atomic E-state index is 0.0983. The number of aliphatic hydroxyl groups excluding tert-OH is 1. The third-order valence-electron chi connectivity index (χ3n) is 5.84. The first kappa shape index (κ1) is 19.2. The van der Waals surface area contributed by atoms with Crippen molar-refractivity contribution in [3.8, 4) is 0 Å². The molecule has 6 nitrogen and oxygen atoms in total. The highest BCUT2D eigenvalue weighted by Gasteiger charge is 2.40. The van der Waals surface area contributed by atoms with Gasteiger partial charge in [0.05, 0.1) is 18.6 Å². The summed E-state index contributed by atoms with van der Waals surface area (Å²) in [6.07, 6.45) is 1.83. The molecule has 1 aromatic heterocycles. The third-order valence-corrected chi connectivity index (χ3v) is 5.84. The number of amides is 1. The summed E-state index contributed by atoms with van der Waals surface area (Å²) in [6, 6.07) is 16.4. The van der Waals surface area contributed by atoms with Gasteiger partial charge in [-0.15, -0.1) is 0 Å². The second-order valence-corrected chi connectivity index (χ2v) is 7.63. The Bertz CT molecular complexity index is 1010. The fraction of sp³-hybridized carbons (Fsp3) is 0.304. The number of piperidine rings is 1. The van der Waals surface area contributed by atoms with E-state index in [2.05, 4.69) is 4.98 Å². The van der Waals surface area contributed by atoms with E-state index in [1.54, 1.807) is 17.0 Å². The van der Waals surface area contributed by atoms with Crippen LogP contribution in [0.15, 0.2) is 60.8 Å². The van der Waals surface area contributed by atoms with Crippen LogP contribution in [0.1, 0.15) is 28.8 Å². The molecule has 1 fully saturated rings. The second-order valence-electron chi connectivity index (χ2n) is 7.63. The van der Waals surface area contributed by atoms with Crippen LogP contribution in [0, 0.1) is 5.92 Å². The molecule has 0 radical (unpaired) electrons. The number of aromatic amines is 1. The number of nitrogens with zero attached hydrogens (tertiary/aromatic N) is 1. The van der Waals surface area contributed by atoms with Gasteiger partial charge in [0, 0.05) is 29.2 Å². The van der Waals surface area contributed by atoms with Gasteiger partial charge in [0.25, 0.3) is 5.91 Å². The van der Waals surface area contributed by atoms with Crippen molar-refractivity contribution in [3.05, 3.63) is 71.9 Å². The lowest BCUT2D eigenvalue weighted by Crippen LogP contribution is -2.55. The van der Waals surface area contributed by atoms with Gasteiger partial charge in [0.15, 0.2) is 0 Å². The molecule has 29 heavy (non-hydrogen) atoms. The summed E-state index contributed by atoms with van der Waals surface area (Å²) in [5.74, 6) is -1.44. The lowest BCUT2D eigenvalue weighted by Gasteiger charge is -2.43. The van der Waals surface area contributed by atoms with Crippen LogP contribution in [0.3, 0.4) is 0 Å². The van der Waals surface area contributed by atoms with Gasteiger partial charge in [-0.2, -0.15) is 0 Å². The number of carbonyl (C=O) groups is 2. The lowest BCUT2D eigenvalue weighted by molar-refractivity contribution is -0.140. The van der Waals surface area contributed by atoms with Gasteiger partial charge in [0.2, 0.25) is 0 Å². The van der Waals surface area contributed by atoms with Crippen LogP contribution in [0.5, 0.6) is 0 Å². The zero-order chi connectivity index (χ0) is 20.4. The number of aromatic nitrogens is 1. The SMILES string of the molecule is O=C(O)C[C@H]1CCN(C(=O)c2ccccc2)[C@@H](Cc2c[nH]c3ccccc23)[C@@H]1O. The Morgan fingerprint density at radius 2 is 1.79 bits per heavy atom. The summed E-state index contributed by atoms with van der Waals surface area (Å²) in [6.45, 7) is 0.426. The van der Waals surface area contributed by atoms with Gasteiger partial charge < -0.3 is 20.1 Å². The molecule has 4 rings (SSSR count). The van der Waals surface area contributed by atoms with Gasteiger partial charge in [-0.25, -0.2) is 0 Å². The standard InChI is InChI=1S/C23H24N2O4/c26-21(27)13-16-10-11-25(23(29)15-6-2-1-3-7-15)20(22(16)28)12-17-14-24-19-9-5-4-8-18(17)19/h1-9,14,16,20,22,24,28H,10-13H2,(H,26,27)/t16-,20+,22-/m1/s1. The first-order valence-corrected chi connectivity index (χ1v) is 9.85. The summed E-state index contributed by atoms with van der Waals surface area (Å²) in [5.41, 5.74) is 2.57. The zero-order valence-electron chi connectivity index (χ0n) is 16.0. The van der Waals surface area contributed by atoms with Crippen LogP contribution in [0.4, 0.5) is 0 Å². The first-order chi connectivity index (χ1) is 14.0. The Kier molecular flexibility index (Phi) is 5.36. The van der Waals surface area contributed by atoms with Crippen LogP contribution in [0.2, 0.25) is 0 Å². The molecule has 0 bridgehead atoms. The van der Waals surface area contributed by atoms with Crippen molar-refractivity contribution in [1.82, 2.24) is 9.88 Å². The monoisotopic (exact) mass is 392 g/mol. The minimum atomic E-state index is -0.928. The number of likely N-dealkylation sites (tertiary alicyclic amines) is 1. The molecule has 0 spiro atoms. The van der Waals surface area contributed by atoms with E-state index < -0.39 is 18.1 Å². The fourth-order valence-electron chi connectivity index (χ4n) is 4.34. The highest BCUT2D eigenvalue weighted by Crippen LogP contribution is 2.31. The normalized spacial score (nSPS) is 22.0. The predicted molar refractivity (Wildman–Crippen MR) is 110 cm³/mol. The summed E-state index contributed by atoms with van der Waals surface area (Å²) in [4.78, 5) is 29.4. The van der Waals surface area contributed by atoms with Crippen LogP contribution in [-0.4, -0.2) is 50.7 Å². The summed E-state index contributed by atoms with van der Waals surface area (Å²) < 4.78 is 0. The van der Waals surface area contributed by atoms with E-state index in [1.165, 1.54) is 0 Å². The molecular weight excluding hydrogens is 368 g/mol. The molecule has 0 aliphatic carbocycles. The number of carbonyl (C=O) groups excluding carboxylic acids is 1. The van der Waals surface area contributed by atoms with Gasteiger partial charge in [-0.3, -0.25) is 9.59 Å². The van der Waals surface area contributed by atoms with E-state index >= 15 is 0 Å². The van der Waals surface area contributed by atoms with Crippen LogP contribution in [0.25, 0.3) is 10.9 Å². The number of benzene rings is 2. The number of hydrogen-bond acceptors (Lipinski definition) is 3. The topological polar surface area (TPSA) is 93.6 Å². The van der Waals surface area contributed by atoms with E-state index in [9.17, 15) is 19.8 Å². The molecule has 2 aromatic carbocycles. The van der Waals surface area contributed by atoms with Crippen LogP contribution >= 0.6 is 0 Å². The van der Waals surface area contributed by atoms with E-state index in [4.69, 9.17) is 0 Å². The summed E-state index contributed by atoms with van der Waals surface area (Å²) >= 11 is 0. The third kappa shape index (κ3) is 3.89. The highest BCUT2D eigenvalue weighted by atomic mass is 16.4. The molecule has 3 aromatic rings. The number of H-pyrrole nitrogens is 1. The molecule has 1 amide bonds. The van der Waals surface area contributed by atoms with Crippen molar-refractivity contribution in [2.24, 2.45) is 5.92 Å². The average molecular weight is 392 g/mol. The number of rotatable bonds is 5. The second kappa shape index (κ2) is 8.09. The Hall–Kier alpha value is -3.12. The van der Waals surface area contributed by atoms with Gasteiger partial charge in [0.1, 0.15) is 0 Å². The number of nitrogens with one attached hydrogen (secondary N) is 1. The molecule has 3 atom stereocenters. The van der Waals surface area contributed by atoms with Crippen LogP contribution in [-0.2, 0) is 11.2 Å². The number of carboxylic acids is 1. The number of para-hydroxylation sites is 1. The van der Waals surface area contributed by atoms with Crippen molar-refractivity contribution in [2.75, 3.05) is 6.54 Å². The summed E-state index contributed by atoms with van der Waals surface area (Å²) in [5, 5.41) is 21.3. The van der Waals surface area contributed by atoms with Gasteiger partial charge in [-0.1, -0.05) is 36.4 Å². The maximum Gasteiger partial charge on any atom is 0.303 e.